The molecule has 0 aliphatic carbocycles. The van der Waals surface area contributed by atoms with Crippen LogP contribution in [0.1, 0.15) is 35.4 Å². The molecule has 1 fully saturated rings. The number of rotatable bonds is 6. The van der Waals surface area contributed by atoms with Crippen molar-refractivity contribution in [3.8, 4) is 5.75 Å². The van der Waals surface area contributed by atoms with Gasteiger partial charge < -0.3 is 15.0 Å². The molecule has 32 heavy (non-hydrogen) atoms. The van der Waals surface area contributed by atoms with Crippen molar-refractivity contribution in [1.82, 2.24) is 20.0 Å². The third kappa shape index (κ3) is 4.73. The zero-order valence-corrected chi connectivity index (χ0v) is 19.4. The number of ether oxygens (including phenoxy) is 1. The van der Waals surface area contributed by atoms with E-state index in [4.69, 9.17) is 16.3 Å². The maximum atomic E-state index is 13.1. The van der Waals surface area contributed by atoms with Crippen molar-refractivity contribution < 1.29 is 22.7 Å². The molecule has 0 radical (unpaired) electrons. The maximum absolute atomic E-state index is 13.1. The van der Waals surface area contributed by atoms with Crippen molar-refractivity contribution in [3.05, 3.63) is 45.7 Å². The molecule has 0 unspecified atom stereocenters. The summed E-state index contributed by atoms with van der Waals surface area (Å²) in [7, 11) is 3.54. The normalized spacial score (nSPS) is 16.3. The minimum atomic E-state index is -4.66. The van der Waals surface area contributed by atoms with Crippen LogP contribution in [0.25, 0.3) is 0 Å². The number of halogens is 4. The van der Waals surface area contributed by atoms with Crippen LogP contribution in [0.3, 0.4) is 0 Å². The molecule has 0 bridgehead atoms. The fraction of sp³-hybridized carbons (Fsp3) is 0.545. The summed E-state index contributed by atoms with van der Waals surface area (Å²) in [4.78, 5) is 14.5. The summed E-state index contributed by atoms with van der Waals surface area (Å²) >= 11 is 5.80. The van der Waals surface area contributed by atoms with Crippen molar-refractivity contribution in [2.75, 3.05) is 33.8 Å². The average molecular weight is 473 g/mol. The van der Waals surface area contributed by atoms with Gasteiger partial charge in [0.15, 0.2) is 5.69 Å². The number of carbonyl (C=O) groups is 1. The van der Waals surface area contributed by atoms with Crippen LogP contribution in [0, 0.1) is 13.8 Å². The molecule has 10 heteroatoms. The monoisotopic (exact) mass is 472 g/mol. The van der Waals surface area contributed by atoms with Gasteiger partial charge in [-0.05, 0) is 50.9 Å². The lowest BCUT2D eigenvalue weighted by molar-refractivity contribution is -0.142. The van der Waals surface area contributed by atoms with Crippen LogP contribution in [0.2, 0.25) is 5.02 Å². The number of alkyl halides is 3. The van der Waals surface area contributed by atoms with Crippen LogP contribution in [0.4, 0.5) is 13.2 Å². The van der Waals surface area contributed by atoms with Crippen LogP contribution in [0.5, 0.6) is 5.75 Å². The first-order valence-corrected chi connectivity index (χ1v) is 10.8. The summed E-state index contributed by atoms with van der Waals surface area (Å²) < 4.78 is 45.7. The van der Waals surface area contributed by atoms with Crippen LogP contribution in [-0.2, 0) is 22.9 Å². The smallest absolute Gasteiger partial charge is 0.436 e. The lowest BCUT2D eigenvalue weighted by Crippen LogP contribution is -2.49. The van der Waals surface area contributed by atoms with Gasteiger partial charge >= 0.3 is 6.18 Å². The Labute approximate surface area is 190 Å². The van der Waals surface area contributed by atoms with E-state index in [1.807, 2.05) is 20.0 Å². The number of amides is 1. The molecular formula is C22H28ClF3N4O2. The second-order valence-electron chi connectivity index (χ2n) is 8.28. The van der Waals surface area contributed by atoms with E-state index in [0.29, 0.717) is 13.1 Å². The van der Waals surface area contributed by atoms with E-state index in [2.05, 4.69) is 22.5 Å². The highest BCUT2D eigenvalue weighted by atomic mass is 35.5. The first-order chi connectivity index (χ1) is 15.0. The molecule has 1 N–H and O–H groups in total. The highest BCUT2D eigenvalue weighted by Gasteiger charge is 2.40. The predicted molar refractivity (Wildman–Crippen MR) is 116 cm³/mol. The molecule has 0 saturated carbocycles. The fourth-order valence-electron chi connectivity index (χ4n) is 4.33. The molecule has 1 amide bonds. The second kappa shape index (κ2) is 9.31. The summed E-state index contributed by atoms with van der Waals surface area (Å²) in [5.74, 6) is 0.545. The zero-order chi connectivity index (χ0) is 23.7. The van der Waals surface area contributed by atoms with E-state index in [1.165, 1.54) is 6.92 Å². The number of likely N-dealkylation sites (N-methyl/N-ethyl adjacent to an activating group) is 1. The van der Waals surface area contributed by atoms with Gasteiger partial charge in [0.1, 0.15) is 12.3 Å². The van der Waals surface area contributed by atoms with Gasteiger partial charge in [-0.25, -0.2) is 0 Å². The summed E-state index contributed by atoms with van der Waals surface area (Å²) in [5, 5.41) is 6.33. The van der Waals surface area contributed by atoms with E-state index in [-0.39, 0.29) is 23.6 Å². The molecule has 0 atom stereocenters. The van der Waals surface area contributed by atoms with Crippen molar-refractivity contribution in [3.63, 3.8) is 0 Å². The fourth-order valence-corrected chi connectivity index (χ4v) is 4.57. The number of benzene rings is 1. The van der Waals surface area contributed by atoms with Gasteiger partial charge in [-0.15, -0.1) is 0 Å². The third-order valence-electron chi connectivity index (χ3n) is 6.30. The number of hydrogen-bond donors (Lipinski definition) is 1. The predicted octanol–water partition coefficient (Wildman–Crippen LogP) is 3.96. The van der Waals surface area contributed by atoms with Gasteiger partial charge in [-0.2, -0.15) is 18.3 Å². The maximum Gasteiger partial charge on any atom is 0.436 e. The molecule has 1 aromatic heterocycles. The van der Waals surface area contributed by atoms with Crippen molar-refractivity contribution >= 4 is 17.5 Å². The Morgan fingerprint density at radius 1 is 1.28 bits per heavy atom. The van der Waals surface area contributed by atoms with Crippen LogP contribution >= 0.6 is 11.6 Å². The number of piperidine rings is 1. The molecule has 6 nitrogen and oxygen atoms in total. The molecule has 2 heterocycles. The molecule has 0 spiro atoms. The van der Waals surface area contributed by atoms with Gasteiger partial charge in [0.25, 0.3) is 0 Å². The minimum Gasteiger partial charge on any atom is -0.496 e. The average Bonchev–Trinajstić information content (AvgIpc) is 3.03. The molecule has 1 aliphatic heterocycles. The number of aryl methyl sites for hydroxylation is 1. The Balaban J connectivity index is 1.74. The third-order valence-corrected chi connectivity index (χ3v) is 6.75. The lowest BCUT2D eigenvalue weighted by atomic mass is 9.72. The first-order valence-electron chi connectivity index (χ1n) is 10.4. The van der Waals surface area contributed by atoms with E-state index in [0.717, 1.165) is 40.9 Å². The molecule has 1 aromatic carbocycles. The number of hydrogen-bond acceptors (Lipinski definition) is 4. The number of likely N-dealkylation sites (tertiary alicyclic amines) is 1. The van der Waals surface area contributed by atoms with Gasteiger partial charge in [-0.3, -0.25) is 9.48 Å². The van der Waals surface area contributed by atoms with E-state index in [1.54, 1.807) is 12.0 Å². The van der Waals surface area contributed by atoms with Gasteiger partial charge in [0, 0.05) is 25.0 Å². The summed E-state index contributed by atoms with van der Waals surface area (Å²) in [6, 6.07) is 6.18. The Bertz CT molecular complexity index is 982. The largest absolute Gasteiger partial charge is 0.496 e. The van der Waals surface area contributed by atoms with Gasteiger partial charge in [0.05, 0.1) is 17.8 Å². The standard InChI is InChI=1S/C22H28ClF3N4O2/c1-14-5-6-16(11-17(14)32-4)21(13-27-3)7-9-29(10-8-21)18(31)12-30-15(2)19(23)20(28-30)22(24,25)26/h5-6,11,27H,7-10,12-13H2,1-4H3. The van der Waals surface area contributed by atoms with Crippen LogP contribution < -0.4 is 10.1 Å². The molecule has 176 valence electrons. The number of nitrogens with zero attached hydrogens (tertiary/aromatic N) is 3. The van der Waals surface area contributed by atoms with Crippen LogP contribution in [-0.4, -0.2) is 54.4 Å². The van der Waals surface area contributed by atoms with E-state index >= 15 is 0 Å². The topological polar surface area (TPSA) is 59.4 Å². The molecule has 2 aromatic rings. The van der Waals surface area contributed by atoms with E-state index < -0.39 is 16.9 Å². The zero-order valence-electron chi connectivity index (χ0n) is 18.6. The second-order valence-corrected chi connectivity index (χ2v) is 8.66. The molecular weight excluding hydrogens is 445 g/mol. The van der Waals surface area contributed by atoms with Crippen LogP contribution in [0.15, 0.2) is 18.2 Å². The summed E-state index contributed by atoms with van der Waals surface area (Å²) in [6.07, 6.45) is -3.22. The number of methoxy groups -OCH3 is 1. The number of nitrogens with one attached hydrogen (secondary N) is 1. The highest BCUT2D eigenvalue weighted by molar-refractivity contribution is 6.32. The SMILES string of the molecule is CNCC1(c2ccc(C)c(OC)c2)CCN(C(=O)Cn2nc(C(F)(F)F)c(Cl)c2C)CC1. The molecule has 1 saturated heterocycles. The van der Waals surface area contributed by atoms with Crippen molar-refractivity contribution in [2.45, 2.75) is 44.8 Å². The Morgan fingerprint density at radius 3 is 2.47 bits per heavy atom. The number of aromatic nitrogens is 2. The summed E-state index contributed by atoms with van der Waals surface area (Å²) in [6.45, 7) is 4.87. The Morgan fingerprint density at radius 2 is 1.94 bits per heavy atom. The quantitative estimate of drug-likeness (QED) is 0.691. The number of carbonyl (C=O) groups excluding carboxylic acids is 1. The van der Waals surface area contributed by atoms with Crippen molar-refractivity contribution in [1.29, 1.82) is 0 Å². The van der Waals surface area contributed by atoms with Crippen molar-refractivity contribution in [2.24, 2.45) is 0 Å². The van der Waals surface area contributed by atoms with Gasteiger partial charge in [-0.1, -0.05) is 23.7 Å². The highest BCUT2D eigenvalue weighted by Crippen LogP contribution is 2.38. The molecule has 1 aliphatic rings. The summed E-state index contributed by atoms with van der Waals surface area (Å²) in [5.41, 5.74) is 0.993. The van der Waals surface area contributed by atoms with Gasteiger partial charge in [0.2, 0.25) is 5.91 Å². The Hall–Kier alpha value is -2.26. The first kappa shape index (κ1) is 24.4. The van der Waals surface area contributed by atoms with E-state index in [9.17, 15) is 18.0 Å². The molecule has 3 rings (SSSR count). The lowest BCUT2D eigenvalue weighted by Gasteiger charge is -2.42. The Kier molecular flexibility index (Phi) is 7.09. The minimum absolute atomic E-state index is 0.126.